The fourth-order valence-corrected chi connectivity index (χ4v) is 4.82. The summed E-state index contributed by atoms with van der Waals surface area (Å²) >= 11 is 0. The SMILES string of the molecule is CCCn1ncc2c(Nc3ccc(S(=O)(=O)Nc4ncccn4)cc3)nc(N3CCCC3)nc21. The van der Waals surface area contributed by atoms with Crippen LogP contribution in [0.2, 0.25) is 0 Å². The molecule has 0 saturated carbocycles. The van der Waals surface area contributed by atoms with Crippen LogP contribution >= 0.6 is 0 Å². The van der Waals surface area contributed by atoms with Crippen molar-refractivity contribution >= 4 is 44.5 Å². The highest BCUT2D eigenvalue weighted by molar-refractivity contribution is 7.92. The highest BCUT2D eigenvalue weighted by Crippen LogP contribution is 2.28. The molecular weight excluding hydrogens is 454 g/mol. The zero-order valence-corrected chi connectivity index (χ0v) is 19.5. The van der Waals surface area contributed by atoms with Gasteiger partial charge in [-0.2, -0.15) is 15.1 Å². The number of nitrogens with zero attached hydrogens (tertiary/aromatic N) is 7. The Bertz CT molecular complexity index is 1380. The summed E-state index contributed by atoms with van der Waals surface area (Å²) in [5, 5.41) is 8.64. The lowest BCUT2D eigenvalue weighted by atomic mass is 10.3. The molecule has 1 aliphatic rings. The summed E-state index contributed by atoms with van der Waals surface area (Å²) in [5.74, 6) is 1.34. The van der Waals surface area contributed by atoms with Gasteiger partial charge in [0.2, 0.25) is 11.9 Å². The molecule has 1 saturated heterocycles. The third-order valence-electron chi connectivity index (χ3n) is 5.53. The molecule has 0 radical (unpaired) electrons. The van der Waals surface area contributed by atoms with E-state index in [4.69, 9.17) is 9.97 Å². The number of sulfonamides is 1. The summed E-state index contributed by atoms with van der Waals surface area (Å²) in [6.45, 7) is 4.73. The number of hydrogen-bond acceptors (Lipinski definition) is 9. The number of rotatable bonds is 8. The van der Waals surface area contributed by atoms with Gasteiger partial charge in [-0.15, -0.1) is 0 Å². The second-order valence-electron chi connectivity index (χ2n) is 8.00. The fraction of sp³-hybridized carbons (Fsp3) is 0.318. The molecular formula is C22H25N9O2S. The summed E-state index contributed by atoms with van der Waals surface area (Å²) in [7, 11) is -3.81. The van der Waals surface area contributed by atoms with E-state index in [-0.39, 0.29) is 10.8 Å². The Balaban J connectivity index is 1.43. The van der Waals surface area contributed by atoms with E-state index in [9.17, 15) is 8.42 Å². The zero-order chi connectivity index (χ0) is 23.5. The third-order valence-corrected chi connectivity index (χ3v) is 6.87. The molecule has 0 atom stereocenters. The topological polar surface area (TPSA) is 131 Å². The van der Waals surface area contributed by atoms with Crippen molar-refractivity contribution in [2.24, 2.45) is 0 Å². The number of fused-ring (bicyclic) bond motifs is 1. The molecule has 1 aliphatic heterocycles. The van der Waals surface area contributed by atoms with Crippen LogP contribution in [0.15, 0.2) is 53.8 Å². The minimum absolute atomic E-state index is 0.0200. The molecule has 0 unspecified atom stereocenters. The van der Waals surface area contributed by atoms with Crippen molar-refractivity contribution in [1.29, 1.82) is 0 Å². The Labute approximate surface area is 197 Å². The van der Waals surface area contributed by atoms with Crippen LogP contribution in [0.4, 0.5) is 23.4 Å². The number of aryl methyl sites for hydroxylation is 1. The second-order valence-corrected chi connectivity index (χ2v) is 9.68. The molecule has 4 aromatic rings. The van der Waals surface area contributed by atoms with E-state index in [0.29, 0.717) is 17.5 Å². The summed E-state index contributed by atoms with van der Waals surface area (Å²) in [4.78, 5) is 19.7. The summed E-state index contributed by atoms with van der Waals surface area (Å²) in [6, 6.07) is 8.05. The van der Waals surface area contributed by atoms with Gasteiger partial charge in [-0.25, -0.2) is 27.8 Å². The van der Waals surface area contributed by atoms with E-state index >= 15 is 0 Å². The van der Waals surface area contributed by atoms with Gasteiger partial charge in [0.05, 0.1) is 16.5 Å². The molecule has 176 valence electrons. The average Bonchev–Trinajstić information content (AvgIpc) is 3.51. The normalized spacial score (nSPS) is 14.0. The van der Waals surface area contributed by atoms with Crippen molar-refractivity contribution in [3.8, 4) is 0 Å². The molecule has 1 fully saturated rings. The van der Waals surface area contributed by atoms with Gasteiger partial charge in [-0.05, 0) is 49.6 Å². The largest absolute Gasteiger partial charge is 0.341 e. The molecule has 11 nitrogen and oxygen atoms in total. The Morgan fingerprint density at radius 1 is 1.03 bits per heavy atom. The maximum atomic E-state index is 12.7. The molecule has 34 heavy (non-hydrogen) atoms. The van der Waals surface area contributed by atoms with Crippen LogP contribution in [0.5, 0.6) is 0 Å². The van der Waals surface area contributed by atoms with Gasteiger partial charge in [0.15, 0.2) is 5.65 Å². The third kappa shape index (κ3) is 4.49. The molecule has 4 heterocycles. The molecule has 12 heteroatoms. The first kappa shape index (κ1) is 22.0. The Kier molecular flexibility index (Phi) is 5.97. The molecule has 1 aromatic carbocycles. The summed E-state index contributed by atoms with van der Waals surface area (Å²) in [6.07, 6.45) is 7.90. The van der Waals surface area contributed by atoms with Crippen LogP contribution in [0.3, 0.4) is 0 Å². The number of nitrogens with one attached hydrogen (secondary N) is 2. The maximum Gasteiger partial charge on any atom is 0.264 e. The van der Waals surface area contributed by atoms with E-state index in [1.165, 1.54) is 24.5 Å². The first-order valence-corrected chi connectivity index (χ1v) is 12.7. The van der Waals surface area contributed by atoms with Crippen molar-refractivity contribution in [2.75, 3.05) is 28.0 Å². The lowest BCUT2D eigenvalue weighted by molar-refractivity contribution is 0.601. The van der Waals surface area contributed by atoms with Crippen molar-refractivity contribution in [3.63, 3.8) is 0 Å². The number of hydrogen-bond donors (Lipinski definition) is 2. The van der Waals surface area contributed by atoms with Gasteiger partial charge in [-0.3, -0.25) is 0 Å². The van der Waals surface area contributed by atoms with Crippen molar-refractivity contribution in [1.82, 2.24) is 29.7 Å². The number of benzene rings is 1. The average molecular weight is 480 g/mol. The minimum Gasteiger partial charge on any atom is -0.341 e. The molecule has 2 N–H and O–H groups in total. The van der Waals surface area contributed by atoms with Crippen molar-refractivity contribution in [3.05, 3.63) is 48.9 Å². The smallest absolute Gasteiger partial charge is 0.264 e. The maximum absolute atomic E-state index is 12.7. The molecule has 0 bridgehead atoms. The summed E-state index contributed by atoms with van der Waals surface area (Å²) in [5.41, 5.74) is 1.48. The standard InChI is InChI=1S/C22H25N9O2S/c1-2-12-31-20-18(15-25-31)19(27-22(28-20)30-13-3-4-14-30)26-16-6-8-17(9-7-16)34(32,33)29-21-23-10-5-11-24-21/h5-11,15H,2-4,12-14H2,1H3,(H,23,24,29)(H,26,27,28). The van der Waals surface area contributed by atoms with Gasteiger partial charge in [0.1, 0.15) is 5.82 Å². The molecule has 0 amide bonds. The number of anilines is 4. The van der Waals surface area contributed by atoms with Crippen molar-refractivity contribution in [2.45, 2.75) is 37.6 Å². The highest BCUT2D eigenvalue weighted by atomic mass is 32.2. The van der Waals surface area contributed by atoms with Gasteiger partial charge >= 0.3 is 0 Å². The van der Waals surface area contributed by atoms with Crippen LogP contribution in [0.25, 0.3) is 11.0 Å². The van der Waals surface area contributed by atoms with Crippen LogP contribution in [0, 0.1) is 0 Å². The van der Waals surface area contributed by atoms with Gasteiger partial charge in [-0.1, -0.05) is 6.92 Å². The quantitative estimate of drug-likeness (QED) is 0.391. The summed E-state index contributed by atoms with van der Waals surface area (Å²) < 4.78 is 29.6. The first-order chi connectivity index (χ1) is 16.5. The van der Waals surface area contributed by atoms with Crippen molar-refractivity contribution < 1.29 is 8.42 Å². The zero-order valence-electron chi connectivity index (χ0n) is 18.7. The Hall–Kier alpha value is -3.80. The van der Waals surface area contributed by atoms with Crippen LogP contribution in [-0.2, 0) is 16.6 Å². The van der Waals surface area contributed by atoms with E-state index in [2.05, 4.69) is 36.9 Å². The van der Waals surface area contributed by atoms with Crippen LogP contribution in [-0.4, -0.2) is 51.2 Å². The second kappa shape index (κ2) is 9.21. The number of aromatic nitrogens is 6. The van der Waals surface area contributed by atoms with E-state index in [0.717, 1.165) is 49.9 Å². The van der Waals surface area contributed by atoms with Gasteiger partial charge < -0.3 is 10.2 Å². The predicted molar refractivity (Wildman–Crippen MR) is 130 cm³/mol. The molecule has 0 spiro atoms. The van der Waals surface area contributed by atoms with Gasteiger partial charge in [0.25, 0.3) is 10.0 Å². The van der Waals surface area contributed by atoms with Crippen LogP contribution < -0.4 is 14.9 Å². The lowest BCUT2D eigenvalue weighted by Gasteiger charge is -2.17. The van der Waals surface area contributed by atoms with Gasteiger partial charge in [0, 0.05) is 37.7 Å². The van der Waals surface area contributed by atoms with E-state index < -0.39 is 10.0 Å². The minimum atomic E-state index is -3.81. The molecule has 5 rings (SSSR count). The van der Waals surface area contributed by atoms with E-state index in [1.54, 1.807) is 24.4 Å². The Morgan fingerprint density at radius 2 is 1.76 bits per heavy atom. The first-order valence-electron chi connectivity index (χ1n) is 11.2. The van der Waals surface area contributed by atoms with E-state index in [1.807, 2.05) is 4.68 Å². The predicted octanol–water partition coefficient (Wildman–Crippen LogP) is 3.17. The fourth-order valence-electron chi connectivity index (χ4n) is 3.86. The monoisotopic (exact) mass is 479 g/mol. The van der Waals surface area contributed by atoms with Crippen LogP contribution in [0.1, 0.15) is 26.2 Å². The molecule has 3 aromatic heterocycles. The Morgan fingerprint density at radius 3 is 2.47 bits per heavy atom. The highest BCUT2D eigenvalue weighted by Gasteiger charge is 2.20. The lowest BCUT2D eigenvalue weighted by Crippen LogP contribution is -2.21. The molecule has 0 aliphatic carbocycles.